The van der Waals surface area contributed by atoms with E-state index >= 15 is 0 Å². The maximum absolute atomic E-state index is 12.5. The average molecular weight is 293 g/mol. The van der Waals surface area contributed by atoms with Crippen LogP contribution in [0.2, 0.25) is 0 Å². The first-order chi connectivity index (χ1) is 10.5. The van der Waals surface area contributed by atoms with Gasteiger partial charge in [0.15, 0.2) is 5.78 Å². The van der Waals surface area contributed by atoms with E-state index in [4.69, 9.17) is 5.41 Å². The van der Waals surface area contributed by atoms with Gasteiger partial charge in [0.05, 0.1) is 17.6 Å². The molecule has 0 aliphatic heterocycles. The smallest absolute Gasteiger partial charge is 0.203 e. The number of carbonyl (C=O) groups is 1. The third-order valence-electron chi connectivity index (χ3n) is 4.21. The van der Waals surface area contributed by atoms with E-state index in [1.165, 1.54) is 11.1 Å². The lowest BCUT2D eigenvalue weighted by atomic mass is 10.1. The van der Waals surface area contributed by atoms with E-state index in [2.05, 4.69) is 26.0 Å². The fourth-order valence-corrected chi connectivity index (χ4v) is 2.70. The Bertz CT molecular complexity index is 917. The molecule has 0 fully saturated rings. The van der Waals surface area contributed by atoms with Crippen molar-refractivity contribution in [2.45, 2.75) is 20.4 Å². The molecule has 0 saturated carbocycles. The molecular formula is C18H19N3O. The number of ketones is 1. The van der Waals surface area contributed by atoms with Crippen LogP contribution in [0.5, 0.6) is 0 Å². The Morgan fingerprint density at radius 2 is 1.64 bits per heavy atom. The monoisotopic (exact) mass is 293 g/mol. The van der Waals surface area contributed by atoms with Gasteiger partial charge in [-0.1, -0.05) is 30.3 Å². The van der Waals surface area contributed by atoms with Gasteiger partial charge in [-0.3, -0.25) is 10.2 Å². The summed E-state index contributed by atoms with van der Waals surface area (Å²) in [6.07, 6.45) is 0. The molecule has 0 radical (unpaired) electrons. The number of fused-ring (bicyclic) bond motifs is 1. The lowest BCUT2D eigenvalue weighted by Crippen LogP contribution is -2.25. The van der Waals surface area contributed by atoms with E-state index in [9.17, 15) is 4.79 Å². The molecule has 1 aromatic heterocycles. The minimum atomic E-state index is 0.0184. The second-order valence-corrected chi connectivity index (χ2v) is 5.68. The van der Waals surface area contributed by atoms with E-state index in [1.807, 2.05) is 41.9 Å². The molecule has 3 aromatic rings. The quantitative estimate of drug-likeness (QED) is 0.742. The molecular weight excluding hydrogens is 274 g/mol. The predicted molar refractivity (Wildman–Crippen MR) is 87.0 cm³/mol. The predicted octanol–water partition coefficient (Wildman–Crippen LogP) is 2.96. The van der Waals surface area contributed by atoms with E-state index in [1.54, 1.807) is 4.57 Å². The highest BCUT2D eigenvalue weighted by Gasteiger charge is 2.13. The third-order valence-corrected chi connectivity index (χ3v) is 4.21. The summed E-state index contributed by atoms with van der Waals surface area (Å²) < 4.78 is 3.59. The van der Waals surface area contributed by atoms with Crippen LogP contribution in [-0.2, 0) is 13.6 Å². The highest BCUT2D eigenvalue weighted by molar-refractivity contribution is 5.96. The van der Waals surface area contributed by atoms with Crippen LogP contribution >= 0.6 is 0 Å². The van der Waals surface area contributed by atoms with Crippen LogP contribution in [-0.4, -0.2) is 14.9 Å². The van der Waals surface area contributed by atoms with E-state index in [0.717, 1.165) is 11.0 Å². The second-order valence-electron chi connectivity index (χ2n) is 5.68. The molecule has 4 heteroatoms. The summed E-state index contributed by atoms with van der Waals surface area (Å²) in [4.78, 5) is 12.5. The normalized spacial score (nSPS) is 11.0. The average Bonchev–Trinajstić information content (AvgIpc) is 2.74. The highest BCUT2D eigenvalue weighted by atomic mass is 16.1. The van der Waals surface area contributed by atoms with Crippen LogP contribution in [0.3, 0.4) is 0 Å². The molecule has 0 amide bonds. The van der Waals surface area contributed by atoms with Gasteiger partial charge in [0, 0.05) is 12.6 Å². The number of rotatable bonds is 3. The fraction of sp³-hybridized carbons (Fsp3) is 0.222. The number of aryl methyl sites for hydroxylation is 3. The van der Waals surface area contributed by atoms with Crippen molar-refractivity contribution in [2.24, 2.45) is 7.05 Å². The molecule has 0 unspecified atom stereocenters. The summed E-state index contributed by atoms with van der Waals surface area (Å²) in [7, 11) is 1.86. The van der Waals surface area contributed by atoms with Crippen molar-refractivity contribution in [3.8, 4) is 0 Å². The summed E-state index contributed by atoms with van der Waals surface area (Å²) in [5, 5.41) is 8.29. The first kappa shape index (κ1) is 14.3. The Kier molecular flexibility index (Phi) is 3.45. The van der Waals surface area contributed by atoms with Crippen LogP contribution < -0.4 is 5.62 Å². The van der Waals surface area contributed by atoms with Gasteiger partial charge in [-0.25, -0.2) is 0 Å². The number of nitrogens with zero attached hydrogens (tertiary/aromatic N) is 2. The lowest BCUT2D eigenvalue weighted by Gasteiger charge is -2.06. The molecule has 2 aromatic carbocycles. The Hall–Kier alpha value is -2.62. The Morgan fingerprint density at radius 3 is 2.27 bits per heavy atom. The zero-order chi connectivity index (χ0) is 15.9. The minimum absolute atomic E-state index is 0.0184. The van der Waals surface area contributed by atoms with E-state index < -0.39 is 0 Å². The van der Waals surface area contributed by atoms with Gasteiger partial charge in [-0.05, 0) is 37.1 Å². The van der Waals surface area contributed by atoms with E-state index in [-0.39, 0.29) is 12.3 Å². The van der Waals surface area contributed by atoms with Crippen LogP contribution in [0.15, 0.2) is 42.5 Å². The Balaban J connectivity index is 2.11. The number of imidazole rings is 1. The molecule has 1 heterocycles. The summed E-state index contributed by atoms with van der Waals surface area (Å²) in [6, 6.07) is 13.4. The number of aromatic nitrogens is 2. The summed E-state index contributed by atoms with van der Waals surface area (Å²) in [6.45, 7) is 4.29. The van der Waals surface area contributed by atoms with Gasteiger partial charge in [0.25, 0.3) is 0 Å². The number of hydrogen-bond donors (Lipinski definition) is 1. The van der Waals surface area contributed by atoms with Gasteiger partial charge < -0.3 is 9.13 Å². The largest absolute Gasteiger partial charge is 0.313 e. The van der Waals surface area contributed by atoms with Gasteiger partial charge in [-0.15, -0.1) is 0 Å². The SMILES string of the molecule is Cc1cc2c(cc1C)n(CC(=O)c1ccccc1)c(=N)n2C. The minimum Gasteiger partial charge on any atom is -0.313 e. The number of nitrogens with one attached hydrogen (secondary N) is 1. The molecule has 112 valence electrons. The topological polar surface area (TPSA) is 50.8 Å². The van der Waals surface area contributed by atoms with Crippen LogP contribution in [0, 0.1) is 19.3 Å². The van der Waals surface area contributed by atoms with Gasteiger partial charge >= 0.3 is 0 Å². The molecule has 0 aliphatic carbocycles. The van der Waals surface area contributed by atoms with Crippen LogP contribution in [0.25, 0.3) is 11.0 Å². The molecule has 0 atom stereocenters. The third kappa shape index (κ3) is 2.26. The van der Waals surface area contributed by atoms with Crippen LogP contribution in [0.4, 0.5) is 0 Å². The van der Waals surface area contributed by atoms with Crippen molar-refractivity contribution < 1.29 is 4.79 Å². The highest BCUT2D eigenvalue weighted by Crippen LogP contribution is 2.18. The molecule has 1 N–H and O–H groups in total. The number of carbonyl (C=O) groups excluding carboxylic acids is 1. The maximum atomic E-state index is 12.5. The Labute approximate surface area is 129 Å². The number of hydrogen-bond acceptors (Lipinski definition) is 2. The first-order valence-electron chi connectivity index (χ1n) is 7.28. The first-order valence-corrected chi connectivity index (χ1v) is 7.28. The molecule has 0 aliphatic rings. The van der Waals surface area contributed by atoms with Crippen molar-refractivity contribution in [3.05, 3.63) is 64.8 Å². The summed E-state index contributed by atoms with van der Waals surface area (Å²) >= 11 is 0. The Morgan fingerprint density at radius 1 is 1.05 bits per heavy atom. The molecule has 4 nitrogen and oxygen atoms in total. The summed E-state index contributed by atoms with van der Waals surface area (Å²) in [5.74, 6) is 0.0184. The van der Waals surface area contributed by atoms with Gasteiger partial charge in [-0.2, -0.15) is 0 Å². The van der Waals surface area contributed by atoms with Gasteiger partial charge in [0.2, 0.25) is 5.62 Å². The molecule has 0 saturated heterocycles. The molecule has 22 heavy (non-hydrogen) atoms. The molecule has 3 rings (SSSR count). The van der Waals surface area contributed by atoms with Crippen molar-refractivity contribution in [2.75, 3.05) is 0 Å². The second kappa shape index (κ2) is 5.30. The van der Waals surface area contributed by atoms with Crippen molar-refractivity contribution in [3.63, 3.8) is 0 Å². The number of Topliss-reactive ketones (excluding diaryl/α,β-unsaturated/α-hetero) is 1. The van der Waals surface area contributed by atoms with Crippen LogP contribution in [0.1, 0.15) is 21.5 Å². The van der Waals surface area contributed by atoms with Crippen molar-refractivity contribution in [1.29, 1.82) is 5.41 Å². The van der Waals surface area contributed by atoms with Crippen molar-refractivity contribution >= 4 is 16.8 Å². The van der Waals surface area contributed by atoms with E-state index in [0.29, 0.717) is 11.2 Å². The molecule has 0 bridgehead atoms. The standard InChI is InChI=1S/C18H19N3O/c1-12-9-15-16(10-13(12)2)21(18(19)20(15)3)11-17(22)14-7-5-4-6-8-14/h4-10,19H,11H2,1-3H3. The van der Waals surface area contributed by atoms with Crippen molar-refractivity contribution in [1.82, 2.24) is 9.13 Å². The lowest BCUT2D eigenvalue weighted by molar-refractivity contribution is 0.0971. The maximum Gasteiger partial charge on any atom is 0.203 e. The van der Waals surface area contributed by atoms with Gasteiger partial charge in [0.1, 0.15) is 0 Å². The zero-order valence-corrected chi connectivity index (χ0v) is 13.1. The fourth-order valence-electron chi connectivity index (χ4n) is 2.70. The zero-order valence-electron chi connectivity index (χ0n) is 13.1. The number of benzene rings is 2. The summed E-state index contributed by atoms with van der Waals surface area (Å²) in [5.41, 5.74) is 5.28. The molecule has 0 spiro atoms.